The van der Waals surface area contributed by atoms with Crippen molar-refractivity contribution in [1.29, 1.82) is 0 Å². The average molecular weight is 267 g/mol. The lowest BCUT2D eigenvalue weighted by atomic mass is 9.84. The van der Waals surface area contributed by atoms with Crippen LogP contribution in [-0.4, -0.2) is 34.7 Å². The van der Waals surface area contributed by atoms with Gasteiger partial charge in [0.2, 0.25) is 0 Å². The maximum atomic E-state index is 13.2. The number of fused-ring (bicyclic) bond motifs is 1. The highest BCUT2D eigenvalue weighted by Crippen LogP contribution is 2.37. The van der Waals surface area contributed by atoms with Crippen LogP contribution in [0.15, 0.2) is 18.2 Å². The van der Waals surface area contributed by atoms with Crippen molar-refractivity contribution in [2.24, 2.45) is 0 Å². The summed E-state index contributed by atoms with van der Waals surface area (Å²) in [5.74, 6) is -1.67. The Balaban J connectivity index is 1.79. The predicted octanol–water partition coefficient (Wildman–Crippen LogP) is 2.50. The molecule has 4 heteroatoms. The third-order valence-corrected chi connectivity index (χ3v) is 4.56. The maximum absolute atomic E-state index is 13.2. The molecule has 0 bridgehead atoms. The van der Waals surface area contributed by atoms with Crippen molar-refractivity contribution in [3.05, 3.63) is 35.4 Å². The van der Waals surface area contributed by atoms with E-state index in [1.807, 2.05) is 0 Å². The van der Waals surface area contributed by atoms with Crippen LogP contribution < -0.4 is 0 Å². The SMILES string of the molecule is OC1(Cc2ccc(F)c(F)c2)CCN2CCCCC21. The van der Waals surface area contributed by atoms with Gasteiger partial charge in [0.05, 0.1) is 5.60 Å². The van der Waals surface area contributed by atoms with Gasteiger partial charge in [0.15, 0.2) is 11.6 Å². The molecule has 2 unspecified atom stereocenters. The Morgan fingerprint density at radius 1 is 1.21 bits per heavy atom. The normalized spacial score (nSPS) is 31.4. The smallest absolute Gasteiger partial charge is 0.159 e. The Morgan fingerprint density at radius 2 is 2.05 bits per heavy atom. The lowest BCUT2D eigenvalue weighted by Gasteiger charge is -2.37. The van der Waals surface area contributed by atoms with E-state index in [0.717, 1.165) is 38.4 Å². The fourth-order valence-electron chi connectivity index (χ4n) is 3.58. The zero-order chi connectivity index (χ0) is 13.5. The molecule has 1 aromatic carbocycles. The van der Waals surface area contributed by atoms with E-state index in [2.05, 4.69) is 4.90 Å². The summed E-state index contributed by atoms with van der Waals surface area (Å²) in [6.45, 7) is 1.95. The molecule has 2 nitrogen and oxygen atoms in total. The van der Waals surface area contributed by atoms with E-state index in [4.69, 9.17) is 0 Å². The van der Waals surface area contributed by atoms with Crippen LogP contribution >= 0.6 is 0 Å². The van der Waals surface area contributed by atoms with E-state index >= 15 is 0 Å². The van der Waals surface area contributed by atoms with Gasteiger partial charge in [-0.05, 0) is 43.5 Å². The Bertz CT molecular complexity index is 479. The summed E-state index contributed by atoms with van der Waals surface area (Å²) in [4.78, 5) is 2.34. The van der Waals surface area contributed by atoms with Crippen molar-refractivity contribution in [3.8, 4) is 0 Å². The van der Waals surface area contributed by atoms with Crippen LogP contribution in [0.4, 0.5) is 8.78 Å². The van der Waals surface area contributed by atoms with Crippen molar-refractivity contribution in [3.63, 3.8) is 0 Å². The topological polar surface area (TPSA) is 23.5 Å². The lowest BCUT2D eigenvalue weighted by Crippen LogP contribution is -2.48. The summed E-state index contributed by atoms with van der Waals surface area (Å²) >= 11 is 0. The molecule has 2 atom stereocenters. The van der Waals surface area contributed by atoms with Gasteiger partial charge in [0, 0.05) is 19.0 Å². The molecule has 0 radical (unpaired) electrons. The standard InChI is InChI=1S/C15H19F2NO/c16-12-5-4-11(9-13(12)17)10-15(19)6-8-18-7-2-1-3-14(15)18/h4-5,9,14,19H,1-3,6-8,10H2. The van der Waals surface area contributed by atoms with Gasteiger partial charge in [-0.1, -0.05) is 12.5 Å². The molecule has 2 heterocycles. The second-order valence-corrected chi connectivity index (χ2v) is 5.83. The quantitative estimate of drug-likeness (QED) is 0.890. The van der Waals surface area contributed by atoms with Gasteiger partial charge in [0.1, 0.15) is 0 Å². The fraction of sp³-hybridized carbons (Fsp3) is 0.600. The van der Waals surface area contributed by atoms with Crippen LogP contribution in [0.2, 0.25) is 0 Å². The van der Waals surface area contributed by atoms with Crippen molar-refractivity contribution in [2.75, 3.05) is 13.1 Å². The van der Waals surface area contributed by atoms with E-state index < -0.39 is 17.2 Å². The minimum Gasteiger partial charge on any atom is -0.388 e. The third kappa shape index (κ3) is 2.39. The fourth-order valence-corrected chi connectivity index (χ4v) is 3.58. The highest BCUT2D eigenvalue weighted by Gasteiger charge is 2.46. The Hall–Kier alpha value is -1.00. The van der Waals surface area contributed by atoms with Crippen LogP contribution in [0.1, 0.15) is 31.2 Å². The van der Waals surface area contributed by atoms with E-state index in [9.17, 15) is 13.9 Å². The lowest BCUT2D eigenvalue weighted by molar-refractivity contribution is -0.00891. The average Bonchev–Trinajstić information content (AvgIpc) is 2.73. The molecule has 0 aromatic heterocycles. The summed E-state index contributed by atoms with van der Waals surface area (Å²) in [5.41, 5.74) is -0.112. The number of rotatable bonds is 2. The monoisotopic (exact) mass is 267 g/mol. The van der Waals surface area contributed by atoms with E-state index in [0.29, 0.717) is 12.0 Å². The molecule has 3 rings (SSSR count). The number of aliphatic hydroxyl groups is 1. The van der Waals surface area contributed by atoms with Gasteiger partial charge < -0.3 is 5.11 Å². The molecule has 2 aliphatic heterocycles. The van der Waals surface area contributed by atoms with Crippen molar-refractivity contribution >= 4 is 0 Å². The molecule has 0 saturated carbocycles. The Labute approximate surface area is 112 Å². The van der Waals surface area contributed by atoms with Crippen molar-refractivity contribution < 1.29 is 13.9 Å². The number of hydrogen-bond acceptors (Lipinski definition) is 2. The summed E-state index contributed by atoms with van der Waals surface area (Å²) in [6.07, 6.45) is 4.46. The molecule has 0 amide bonds. The zero-order valence-electron chi connectivity index (χ0n) is 10.9. The van der Waals surface area contributed by atoms with Gasteiger partial charge in [-0.2, -0.15) is 0 Å². The maximum Gasteiger partial charge on any atom is 0.159 e. The largest absolute Gasteiger partial charge is 0.388 e. The first-order valence-corrected chi connectivity index (χ1v) is 6.99. The number of nitrogens with zero attached hydrogens (tertiary/aromatic N) is 1. The molecule has 0 spiro atoms. The van der Waals surface area contributed by atoms with Crippen molar-refractivity contribution in [1.82, 2.24) is 4.90 Å². The summed E-state index contributed by atoms with van der Waals surface area (Å²) in [7, 11) is 0. The van der Waals surface area contributed by atoms with E-state index in [1.165, 1.54) is 12.5 Å². The minimum absolute atomic E-state index is 0.175. The predicted molar refractivity (Wildman–Crippen MR) is 68.8 cm³/mol. The van der Waals surface area contributed by atoms with Crippen LogP contribution in [0.3, 0.4) is 0 Å². The first kappa shape index (κ1) is 13.0. The van der Waals surface area contributed by atoms with Crippen molar-refractivity contribution in [2.45, 2.75) is 43.7 Å². The van der Waals surface area contributed by atoms with Crippen LogP contribution in [0.25, 0.3) is 0 Å². The number of hydrogen-bond donors (Lipinski definition) is 1. The molecule has 19 heavy (non-hydrogen) atoms. The van der Waals surface area contributed by atoms with E-state index in [1.54, 1.807) is 6.07 Å². The number of piperidine rings is 1. The molecule has 1 aromatic rings. The van der Waals surface area contributed by atoms with E-state index in [-0.39, 0.29) is 6.04 Å². The first-order valence-electron chi connectivity index (χ1n) is 6.99. The Morgan fingerprint density at radius 3 is 2.84 bits per heavy atom. The molecule has 2 fully saturated rings. The molecule has 2 saturated heterocycles. The highest BCUT2D eigenvalue weighted by molar-refractivity contribution is 5.21. The Kier molecular flexibility index (Phi) is 3.31. The van der Waals surface area contributed by atoms with Crippen LogP contribution in [-0.2, 0) is 6.42 Å². The molecule has 2 aliphatic rings. The molecule has 0 aliphatic carbocycles. The summed E-state index contributed by atoms with van der Waals surface area (Å²) in [5, 5.41) is 10.8. The van der Waals surface area contributed by atoms with Gasteiger partial charge in [0.25, 0.3) is 0 Å². The van der Waals surface area contributed by atoms with Gasteiger partial charge in [-0.3, -0.25) is 4.90 Å². The summed E-state index contributed by atoms with van der Waals surface area (Å²) in [6, 6.07) is 4.09. The molecular formula is C15H19F2NO. The first-order chi connectivity index (χ1) is 9.08. The molecule has 1 N–H and O–H groups in total. The van der Waals surface area contributed by atoms with Gasteiger partial charge >= 0.3 is 0 Å². The number of halogens is 2. The van der Waals surface area contributed by atoms with Crippen LogP contribution in [0, 0.1) is 11.6 Å². The second-order valence-electron chi connectivity index (χ2n) is 5.83. The van der Waals surface area contributed by atoms with Gasteiger partial charge in [-0.15, -0.1) is 0 Å². The third-order valence-electron chi connectivity index (χ3n) is 4.56. The second kappa shape index (κ2) is 4.84. The zero-order valence-corrected chi connectivity index (χ0v) is 10.9. The molecular weight excluding hydrogens is 248 g/mol. The summed E-state index contributed by atoms with van der Waals surface area (Å²) < 4.78 is 26.2. The molecule has 104 valence electrons. The van der Waals surface area contributed by atoms with Crippen LogP contribution in [0.5, 0.6) is 0 Å². The van der Waals surface area contributed by atoms with Gasteiger partial charge in [-0.25, -0.2) is 8.78 Å². The highest BCUT2D eigenvalue weighted by atomic mass is 19.2. The minimum atomic E-state index is -0.834. The number of benzene rings is 1.